The first-order chi connectivity index (χ1) is 13.8. The summed E-state index contributed by atoms with van der Waals surface area (Å²) in [4.78, 5) is 23.4. The lowest BCUT2D eigenvalue weighted by molar-refractivity contribution is -0.120. The molecule has 1 fully saturated rings. The summed E-state index contributed by atoms with van der Waals surface area (Å²) in [6, 6.07) is 1.80. The molecule has 7 nitrogen and oxygen atoms in total. The van der Waals surface area contributed by atoms with Crippen molar-refractivity contribution in [2.75, 3.05) is 23.3 Å². The van der Waals surface area contributed by atoms with Crippen molar-refractivity contribution in [2.24, 2.45) is 5.92 Å². The number of aromatic nitrogens is 4. The van der Waals surface area contributed by atoms with Gasteiger partial charge in [0.05, 0.1) is 5.92 Å². The van der Waals surface area contributed by atoms with Crippen LogP contribution in [-0.2, 0) is 11.2 Å². The predicted molar refractivity (Wildman–Crippen MR) is 113 cm³/mol. The Bertz CT molecular complexity index is 722. The predicted octanol–water partition coefficient (Wildman–Crippen LogP) is 4.09. The van der Waals surface area contributed by atoms with Crippen molar-refractivity contribution < 1.29 is 4.79 Å². The summed E-state index contributed by atoms with van der Waals surface area (Å²) in [6.07, 6.45) is 13.8. The Morgan fingerprint density at radius 3 is 2.79 bits per heavy atom. The first-order valence-electron chi connectivity index (χ1n) is 10.4. The standard InChI is InChI=1S/C20H30N6OS/c1-2-3-4-5-6-7-11-17-24-25-20(28-17)23-18(27)16-10-8-14-26(15-16)19-21-12-9-13-22-19/h9,12-13,16H,2-8,10-11,14-15H2,1H3,(H,23,25,27). The molecule has 1 aliphatic heterocycles. The van der Waals surface area contributed by atoms with Gasteiger partial charge in [-0.25, -0.2) is 9.97 Å². The second-order valence-corrected chi connectivity index (χ2v) is 8.40. The minimum absolute atomic E-state index is 0.0166. The first kappa shape index (κ1) is 20.6. The van der Waals surface area contributed by atoms with Gasteiger partial charge in [0.15, 0.2) is 0 Å². The molecule has 152 valence electrons. The van der Waals surface area contributed by atoms with Crippen LogP contribution in [0.4, 0.5) is 11.1 Å². The monoisotopic (exact) mass is 402 g/mol. The molecule has 2 aromatic rings. The van der Waals surface area contributed by atoms with Crippen LogP contribution in [0, 0.1) is 5.92 Å². The van der Waals surface area contributed by atoms with Gasteiger partial charge in [0.1, 0.15) is 5.01 Å². The van der Waals surface area contributed by atoms with Crippen molar-refractivity contribution in [3.05, 3.63) is 23.5 Å². The molecule has 1 unspecified atom stereocenters. The third kappa shape index (κ3) is 6.22. The van der Waals surface area contributed by atoms with E-state index in [9.17, 15) is 4.79 Å². The number of nitrogens with zero attached hydrogens (tertiary/aromatic N) is 5. The normalized spacial score (nSPS) is 16.9. The van der Waals surface area contributed by atoms with E-state index in [-0.39, 0.29) is 11.8 Å². The molecule has 0 aromatic carbocycles. The van der Waals surface area contributed by atoms with Crippen molar-refractivity contribution in [1.29, 1.82) is 0 Å². The molecule has 3 rings (SSSR count). The Balaban J connectivity index is 1.44. The summed E-state index contributed by atoms with van der Waals surface area (Å²) < 4.78 is 0. The fraction of sp³-hybridized carbons (Fsp3) is 0.650. The van der Waals surface area contributed by atoms with Crippen molar-refractivity contribution in [3.63, 3.8) is 0 Å². The second-order valence-electron chi connectivity index (χ2n) is 7.34. The van der Waals surface area contributed by atoms with Gasteiger partial charge < -0.3 is 10.2 Å². The Hall–Kier alpha value is -2.09. The summed E-state index contributed by atoms with van der Waals surface area (Å²) in [6.45, 7) is 3.76. The van der Waals surface area contributed by atoms with Crippen molar-refractivity contribution in [2.45, 2.75) is 64.7 Å². The molecule has 0 saturated carbocycles. The topological polar surface area (TPSA) is 83.9 Å². The number of carbonyl (C=O) groups is 1. The molecular formula is C20H30N6OS. The Morgan fingerprint density at radius 1 is 1.18 bits per heavy atom. The molecule has 28 heavy (non-hydrogen) atoms. The number of nitrogens with one attached hydrogen (secondary N) is 1. The maximum atomic E-state index is 12.7. The molecule has 1 N–H and O–H groups in total. The van der Waals surface area contributed by atoms with Crippen LogP contribution in [0.15, 0.2) is 18.5 Å². The lowest BCUT2D eigenvalue weighted by atomic mass is 9.97. The fourth-order valence-corrected chi connectivity index (χ4v) is 4.28. The average Bonchev–Trinajstić information content (AvgIpc) is 3.18. The van der Waals surface area contributed by atoms with Crippen molar-refractivity contribution in [1.82, 2.24) is 20.2 Å². The number of piperidine rings is 1. The molecule has 1 atom stereocenters. The van der Waals surface area contributed by atoms with Gasteiger partial charge in [-0.3, -0.25) is 4.79 Å². The van der Waals surface area contributed by atoms with Gasteiger partial charge in [-0.05, 0) is 25.3 Å². The van der Waals surface area contributed by atoms with Gasteiger partial charge in [-0.1, -0.05) is 50.4 Å². The van der Waals surface area contributed by atoms with Crippen LogP contribution < -0.4 is 10.2 Å². The SMILES string of the molecule is CCCCCCCCc1nnc(NC(=O)C2CCCN(c3ncccn3)C2)s1. The summed E-state index contributed by atoms with van der Waals surface area (Å²) in [5.74, 6) is 0.628. The highest BCUT2D eigenvalue weighted by atomic mass is 32.1. The highest BCUT2D eigenvalue weighted by Gasteiger charge is 2.27. The summed E-state index contributed by atoms with van der Waals surface area (Å²) >= 11 is 1.50. The number of aryl methyl sites for hydroxylation is 1. The number of anilines is 2. The van der Waals surface area contributed by atoms with E-state index in [1.54, 1.807) is 18.5 Å². The van der Waals surface area contributed by atoms with E-state index in [0.29, 0.717) is 17.6 Å². The van der Waals surface area contributed by atoms with E-state index >= 15 is 0 Å². The van der Waals surface area contributed by atoms with Gasteiger partial charge >= 0.3 is 0 Å². The van der Waals surface area contributed by atoms with E-state index in [4.69, 9.17) is 0 Å². The number of hydrogen-bond donors (Lipinski definition) is 1. The molecule has 3 heterocycles. The third-order valence-corrected chi connectivity index (χ3v) is 5.97. The Morgan fingerprint density at radius 2 is 1.96 bits per heavy atom. The molecule has 0 spiro atoms. The summed E-state index contributed by atoms with van der Waals surface area (Å²) in [7, 11) is 0. The van der Waals surface area contributed by atoms with Crippen LogP contribution in [0.2, 0.25) is 0 Å². The minimum Gasteiger partial charge on any atom is -0.340 e. The lowest BCUT2D eigenvalue weighted by Gasteiger charge is -2.31. The Kier molecular flexibility index (Phi) is 8.14. The molecule has 1 saturated heterocycles. The fourth-order valence-electron chi connectivity index (χ4n) is 3.50. The highest BCUT2D eigenvalue weighted by molar-refractivity contribution is 7.15. The van der Waals surface area contributed by atoms with Gasteiger partial charge in [-0.2, -0.15) is 0 Å². The van der Waals surface area contributed by atoms with Crippen LogP contribution in [0.5, 0.6) is 0 Å². The number of unbranched alkanes of at least 4 members (excludes halogenated alkanes) is 5. The first-order valence-corrected chi connectivity index (χ1v) is 11.2. The van der Waals surface area contributed by atoms with Crippen LogP contribution in [0.1, 0.15) is 63.3 Å². The van der Waals surface area contributed by atoms with Crippen molar-refractivity contribution in [3.8, 4) is 0 Å². The minimum atomic E-state index is -0.0801. The zero-order valence-corrected chi connectivity index (χ0v) is 17.5. The van der Waals surface area contributed by atoms with E-state index in [1.165, 1.54) is 43.4 Å². The molecule has 1 aliphatic rings. The summed E-state index contributed by atoms with van der Waals surface area (Å²) in [5, 5.41) is 13.0. The number of rotatable bonds is 10. The maximum Gasteiger partial charge on any atom is 0.231 e. The maximum absolute atomic E-state index is 12.7. The molecule has 0 bridgehead atoms. The molecule has 0 aliphatic carbocycles. The van der Waals surface area contributed by atoms with E-state index in [1.807, 2.05) is 0 Å². The quantitative estimate of drug-likeness (QED) is 0.603. The van der Waals surface area contributed by atoms with Crippen LogP contribution in [0.25, 0.3) is 0 Å². The van der Waals surface area contributed by atoms with Crippen LogP contribution in [0.3, 0.4) is 0 Å². The zero-order chi connectivity index (χ0) is 19.6. The smallest absolute Gasteiger partial charge is 0.231 e. The zero-order valence-electron chi connectivity index (χ0n) is 16.6. The van der Waals surface area contributed by atoms with E-state index in [2.05, 4.69) is 37.3 Å². The van der Waals surface area contributed by atoms with Crippen LogP contribution in [-0.4, -0.2) is 39.2 Å². The van der Waals surface area contributed by atoms with Crippen molar-refractivity contribution >= 4 is 28.3 Å². The van der Waals surface area contributed by atoms with Gasteiger partial charge in [0.2, 0.25) is 17.0 Å². The number of hydrogen-bond acceptors (Lipinski definition) is 7. The van der Waals surface area contributed by atoms with Gasteiger partial charge in [0.25, 0.3) is 0 Å². The Labute approximate surface area is 171 Å². The lowest BCUT2D eigenvalue weighted by Crippen LogP contribution is -2.41. The number of carbonyl (C=O) groups excluding carboxylic acids is 1. The average molecular weight is 403 g/mol. The van der Waals surface area contributed by atoms with E-state index < -0.39 is 0 Å². The number of amides is 1. The largest absolute Gasteiger partial charge is 0.340 e. The molecule has 2 aromatic heterocycles. The van der Waals surface area contributed by atoms with Gasteiger partial charge in [0, 0.05) is 31.9 Å². The van der Waals surface area contributed by atoms with Crippen LogP contribution >= 0.6 is 11.3 Å². The second kappa shape index (κ2) is 11.0. The van der Waals surface area contributed by atoms with E-state index in [0.717, 1.165) is 37.2 Å². The summed E-state index contributed by atoms with van der Waals surface area (Å²) in [5.41, 5.74) is 0. The molecule has 0 radical (unpaired) electrons. The highest BCUT2D eigenvalue weighted by Crippen LogP contribution is 2.23. The third-order valence-electron chi connectivity index (χ3n) is 5.07. The molecule has 8 heteroatoms. The molecule has 1 amide bonds. The van der Waals surface area contributed by atoms with Gasteiger partial charge in [-0.15, -0.1) is 10.2 Å². The molecular weight excluding hydrogens is 372 g/mol.